The van der Waals surface area contributed by atoms with E-state index in [1.807, 2.05) is 26.0 Å². The van der Waals surface area contributed by atoms with Gasteiger partial charge >= 0.3 is 6.03 Å². The number of anilines is 2. The molecule has 26 heavy (non-hydrogen) atoms. The van der Waals surface area contributed by atoms with Crippen molar-refractivity contribution in [1.82, 2.24) is 5.32 Å². The number of carbonyl (C=O) groups excluding carboxylic acids is 2. The molecule has 0 atom stereocenters. The van der Waals surface area contributed by atoms with Crippen molar-refractivity contribution in [1.29, 1.82) is 0 Å². The molecule has 0 unspecified atom stereocenters. The number of hydrogen-bond acceptors (Lipinski definition) is 3. The number of hydrogen-bond donors (Lipinski definition) is 4. The molecule has 0 aliphatic heterocycles. The fourth-order valence-corrected chi connectivity index (χ4v) is 3.41. The van der Waals surface area contributed by atoms with Crippen LogP contribution in [0.4, 0.5) is 16.2 Å². The largest absolute Gasteiger partial charge is 0.336 e. The molecule has 0 saturated heterocycles. The summed E-state index contributed by atoms with van der Waals surface area (Å²) in [5, 5.41) is 8.50. The second-order valence-electron chi connectivity index (χ2n) is 7.29. The van der Waals surface area contributed by atoms with Crippen molar-refractivity contribution in [2.75, 3.05) is 17.2 Å². The SMILES string of the molecule is CC(C)NC(=O)Nc1ccccc1NC(=O)CC1(CN)CCCCC1.Cl. The van der Waals surface area contributed by atoms with Gasteiger partial charge in [-0.3, -0.25) is 4.79 Å². The van der Waals surface area contributed by atoms with E-state index in [0.29, 0.717) is 24.3 Å². The van der Waals surface area contributed by atoms with Gasteiger partial charge in [0.25, 0.3) is 0 Å². The van der Waals surface area contributed by atoms with Gasteiger partial charge < -0.3 is 21.7 Å². The lowest BCUT2D eigenvalue weighted by molar-refractivity contribution is -0.118. The Balaban J connectivity index is 0.00000338. The summed E-state index contributed by atoms with van der Waals surface area (Å²) in [6.07, 6.45) is 5.94. The number of para-hydroxylation sites is 2. The molecule has 1 saturated carbocycles. The van der Waals surface area contributed by atoms with Gasteiger partial charge in [-0.15, -0.1) is 12.4 Å². The van der Waals surface area contributed by atoms with E-state index in [1.165, 1.54) is 6.42 Å². The van der Waals surface area contributed by atoms with Gasteiger partial charge in [0.05, 0.1) is 11.4 Å². The topological polar surface area (TPSA) is 96.2 Å². The summed E-state index contributed by atoms with van der Waals surface area (Å²) in [5.41, 5.74) is 7.08. The molecule has 0 radical (unpaired) electrons. The van der Waals surface area contributed by atoms with E-state index in [-0.39, 0.29) is 35.8 Å². The van der Waals surface area contributed by atoms with Crippen LogP contribution in [-0.2, 0) is 4.79 Å². The van der Waals surface area contributed by atoms with E-state index in [4.69, 9.17) is 5.73 Å². The molecule has 1 aliphatic carbocycles. The standard InChI is InChI=1S/C19H30N4O2.ClH/c1-14(2)21-18(25)23-16-9-5-4-8-15(16)22-17(24)12-19(13-20)10-6-3-7-11-19;/h4-5,8-9,14H,3,6-7,10-13,20H2,1-2H3,(H,22,24)(H2,21,23,25);1H. The Kier molecular flexibility index (Phi) is 8.88. The summed E-state index contributed by atoms with van der Waals surface area (Å²) in [7, 11) is 0. The number of halogens is 1. The Hall–Kier alpha value is -1.79. The molecule has 7 heteroatoms. The summed E-state index contributed by atoms with van der Waals surface area (Å²) in [4.78, 5) is 24.5. The highest BCUT2D eigenvalue weighted by Crippen LogP contribution is 2.38. The first-order chi connectivity index (χ1) is 11.9. The first kappa shape index (κ1) is 22.3. The van der Waals surface area contributed by atoms with Crippen molar-refractivity contribution in [3.8, 4) is 0 Å². The van der Waals surface area contributed by atoms with E-state index in [9.17, 15) is 9.59 Å². The number of nitrogens with two attached hydrogens (primary N) is 1. The summed E-state index contributed by atoms with van der Waals surface area (Å²) in [5.74, 6) is -0.0501. The molecule has 146 valence electrons. The van der Waals surface area contributed by atoms with Crippen LogP contribution in [0.2, 0.25) is 0 Å². The number of amides is 3. The van der Waals surface area contributed by atoms with Crippen molar-refractivity contribution in [3.05, 3.63) is 24.3 Å². The van der Waals surface area contributed by atoms with Crippen molar-refractivity contribution < 1.29 is 9.59 Å². The first-order valence-electron chi connectivity index (χ1n) is 9.10. The minimum atomic E-state index is -0.289. The predicted molar refractivity (Wildman–Crippen MR) is 109 cm³/mol. The zero-order valence-corrected chi connectivity index (χ0v) is 16.5. The molecular weight excluding hydrogens is 352 g/mol. The van der Waals surface area contributed by atoms with Crippen LogP contribution in [0.3, 0.4) is 0 Å². The van der Waals surface area contributed by atoms with E-state index in [2.05, 4.69) is 16.0 Å². The Labute approximate surface area is 162 Å². The molecule has 3 amide bonds. The normalized spacial score (nSPS) is 15.7. The van der Waals surface area contributed by atoms with Crippen molar-refractivity contribution in [2.24, 2.45) is 11.1 Å². The van der Waals surface area contributed by atoms with Crippen molar-refractivity contribution in [2.45, 2.75) is 58.4 Å². The molecule has 0 spiro atoms. The average Bonchev–Trinajstić information content (AvgIpc) is 2.56. The molecule has 1 aromatic carbocycles. The molecule has 1 aromatic rings. The number of carbonyl (C=O) groups is 2. The molecule has 1 fully saturated rings. The molecule has 2 rings (SSSR count). The fourth-order valence-electron chi connectivity index (χ4n) is 3.41. The first-order valence-corrected chi connectivity index (χ1v) is 9.10. The van der Waals surface area contributed by atoms with Crippen LogP contribution in [0.1, 0.15) is 52.4 Å². The molecule has 1 aliphatic rings. The van der Waals surface area contributed by atoms with Crippen LogP contribution in [0.25, 0.3) is 0 Å². The van der Waals surface area contributed by atoms with E-state index < -0.39 is 0 Å². The van der Waals surface area contributed by atoms with E-state index >= 15 is 0 Å². The second kappa shape index (κ2) is 10.4. The molecular formula is C19H31ClN4O2. The zero-order valence-electron chi connectivity index (χ0n) is 15.6. The fraction of sp³-hybridized carbons (Fsp3) is 0.579. The Morgan fingerprint density at radius 2 is 1.65 bits per heavy atom. The predicted octanol–water partition coefficient (Wildman–Crippen LogP) is 3.88. The monoisotopic (exact) mass is 382 g/mol. The molecule has 0 aromatic heterocycles. The minimum absolute atomic E-state index is 0. The Bertz CT molecular complexity index is 601. The van der Waals surface area contributed by atoms with Gasteiger partial charge in [-0.2, -0.15) is 0 Å². The van der Waals surface area contributed by atoms with Crippen LogP contribution in [0.5, 0.6) is 0 Å². The quantitative estimate of drug-likeness (QED) is 0.601. The van der Waals surface area contributed by atoms with Crippen LogP contribution >= 0.6 is 12.4 Å². The lowest BCUT2D eigenvalue weighted by atomic mass is 9.71. The zero-order chi connectivity index (χ0) is 18.3. The van der Waals surface area contributed by atoms with Crippen molar-refractivity contribution >= 4 is 35.7 Å². The molecule has 5 N–H and O–H groups in total. The lowest BCUT2D eigenvalue weighted by Crippen LogP contribution is -2.37. The highest BCUT2D eigenvalue weighted by molar-refractivity contribution is 5.99. The maximum Gasteiger partial charge on any atom is 0.319 e. The van der Waals surface area contributed by atoms with Crippen LogP contribution < -0.4 is 21.7 Å². The Morgan fingerprint density at radius 1 is 1.08 bits per heavy atom. The van der Waals surface area contributed by atoms with Crippen molar-refractivity contribution in [3.63, 3.8) is 0 Å². The number of benzene rings is 1. The third kappa shape index (κ3) is 6.50. The van der Waals surface area contributed by atoms with Gasteiger partial charge in [0.15, 0.2) is 0 Å². The maximum atomic E-state index is 12.6. The third-order valence-electron chi connectivity index (χ3n) is 4.75. The number of rotatable bonds is 6. The molecule has 0 heterocycles. The maximum absolute atomic E-state index is 12.6. The summed E-state index contributed by atoms with van der Waals surface area (Å²) < 4.78 is 0. The summed E-state index contributed by atoms with van der Waals surface area (Å²) >= 11 is 0. The molecule has 0 bridgehead atoms. The van der Waals surface area contributed by atoms with Gasteiger partial charge in [0.1, 0.15) is 0 Å². The van der Waals surface area contributed by atoms with Gasteiger partial charge in [-0.1, -0.05) is 31.4 Å². The van der Waals surface area contributed by atoms with Gasteiger partial charge in [0.2, 0.25) is 5.91 Å². The number of nitrogens with one attached hydrogen (secondary N) is 3. The van der Waals surface area contributed by atoms with E-state index in [1.54, 1.807) is 12.1 Å². The highest BCUT2D eigenvalue weighted by atomic mass is 35.5. The summed E-state index contributed by atoms with van der Waals surface area (Å²) in [6, 6.07) is 6.97. The molecule has 6 nitrogen and oxygen atoms in total. The minimum Gasteiger partial charge on any atom is -0.336 e. The highest BCUT2D eigenvalue weighted by Gasteiger charge is 2.33. The van der Waals surface area contributed by atoms with Gasteiger partial charge in [-0.05, 0) is 50.8 Å². The second-order valence-corrected chi connectivity index (χ2v) is 7.29. The average molecular weight is 383 g/mol. The van der Waals surface area contributed by atoms with Gasteiger partial charge in [0, 0.05) is 12.5 Å². The van der Waals surface area contributed by atoms with E-state index in [0.717, 1.165) is 25.7 Å². The smallest absolute Gasteiger partial charge is 0.319 e. The summed E-state index contributed by atoms with van der Waals surface area (Å²) in [6.45, 7) is 4.32. The Morgan fingerprint density at radius 3 is 2.19 bits per heavy atom. The van der Waals surface area contributed by atoms with Crippen LogP contribution in [0.15, 0.2) is 24.3 Å². The lowest BCUT2D eigenvalue weighted by Gasteiger charge is -2.35. The number of urea groups is 1. The van der Waals surface area contributed by atoms with Gasteiger partial charge in [-0.25, -0.2) is 4.79 Å². The van der Waals surface area contributed by atoms with Crippen LogP contribution in [0, 0.1) is 5.41 Å². The third-order valence-corrected chi connectivity index (χ3v) is 4.75. The van der Waals surface area contributed by atoms with Crippen LogP contribution in [-0.4, -0.2) is 24.5 Å².